The topological polar surface area (TPSA) is 57.5 Å². The molecule has 0 heterocycles. The summed E-state index contributed by atoms with van der Waals surface area (Å²) in [6.07, 6.45) is 10.2. The molecule has 2 N–H and O–H groups in total. The van der Waals surface area contributed by atoms with Gasteiger partial charge in [-0.2, -0.15) is 0 Å². The lowest BCUT2D eigenvalue weighted by Crippen LogP contribution is -2.23. The molecule has 2 unspecified atom stereocenters. The molecule has 0 radical (unpaired) electrons. The first-order valence-electron chi connectivity index (χ1n) is 9.83. The van der Waals surface area contributed by atoms with Crippen LogP contribution in [0.3, 0.4) is 0 Å². The second kappa shape index (κ2) is 13.1. The van der Waals surface area contributed by atoms with E-state index in [2.05, 4.69) is 13.8 Å². The number of hydrogen-bond donors (Lipinski definition) is 3. The number of aliphatic carboxylic acids is 1. The molecular weight excluding hydrogens is 332 g/mol. The van der Waals surface area contributed by atoms with E-state index >= 15 is 0 Å². The van der Waals surface area contributed by atoms with Crippen LogP contribution in [0.1, 0.15) is 77.2 Å². The van der Waals surface area contributed by atoms with Crippen molar-refractivity contribution in [3.05, 3.63) is 29.8 Å². The maximum Gasteiger partial charge on any atom is 0.314 e. The number of thiol groups is 1. The van der Waals surface area contributed by atoms with Crippen molar-refractivity contribution in [2.45, 2.75) is 82.6 Å². The second-order valence-corrected chi connectivity index (χ2v) is 9.47. The Morgan fingerprint density at radius 3 is 2.16 bits per heavy atom. The van der Waals surface area contributed by atoms with Crippen molar-refractivity contribution in [2.24, 2.45) is 0 Å². The number of unbranched alkanes of at least 4 members (excludes halogenated alkanes) is 6. The van der Waals surface area contributed by atoms with Crippen molar-refractivity contribution in [1.29, 1.82) is 0 Å². The number of phenolic OH excluding ortho intramolecular Hbond substituents is 1. The maximum absolute atomic E-state index is 11.9. The van der Waals surface area contributed by atoms with Gasteiger partial charge in [0.2, 0.25) is 0 Å². The van der Waals surface area contributed by atoms with Crippen LogP contribution < -0.4 is 0 Å². The summed E-state index contributed by atoms with van der Waals surface area (Å²) in [6.45, 7) is 4.38. The summed E-state index contributed by atoms with van der Waals surface area (Å²) in [5.74, 6) is 1.53. The molecule has 0 amide bonds. The molecule has 25 heavy (non-hydrogen) atoms. The Bertz CT molecular complexity index is 473. The van der Waals surface area contributed by atoms with Gasteiger partial charge in [-0.25, -0.2) is 10.9 Å². The molecule has 1 aromatic carbocycles. The number of carboxylic acids is 1. The number of aromatic hydroxyl groups is 1. The van der Waals surface area contributed by atoms with Crippen LogP contribution in [0.2, 0.25) is 0 Å². The van der Waals surface area contributed by atoms with Gasteiger partial charge in [0.1, 0.15) is 5.75 Å². The van der Waals surface area contributed by atoms with Gasteiger partial charge in [-0.3, -0.25) is 4.79 Å². The smallest absolute Gasteiger partial charge is 0.314 e. The van der Waals surface area contributed by atoms with Crippen molar-refractivity contribution in [2.75, 3.05) is 5.75 Å². The SMILES string of the molecule is CCCCCCCCC(C(=O)O)[SH](CCCC)Cc1ccc(O)cc1. The van der Waals surface area contributed by atoms with E-state index in [1.165, 1.54) is 25.7 Å². The van der Waals surface area contributed by atoms with E-state index in [1.807, 2.05) is 12.1 Å². The monoisotopic (exact) mass is 368 g/mol. The lowest BCUT2D eigenvalue weighted by atomic mass is 10.1. The Kier molecular flexibility index (Phi) is 11.5. The average Bonchev–Trinajstić information content (AvgIpc) is 2.60. The van der Waals surface area contributed by atoms with Crippen LogP contribution >= 0.6 is 10.9 Å². The molecule has 144 valence electrons. The van der Waals surface area contributed by atoms with Gasteiger partial charge in [-0.05, 0) is 36.3 Å². The molecule has 0 aromatic heterocycles. The first-order valence-corrected chi connectivity index (χ1v) is 11.6. The molecule has 2 atom stereocenters. The molecule has 1 rings (SSSR count). The summed E-state index contributed by atoms with van der Waals surface area (Å²) in [6, 6.07) is 7.26. The largest absolute Gasteiger partial charge is 0.508 e. The minimum atomic E-state index is -0.616. The minimum Gasteiger partial charge on any atom is -0.508 e. The third-order valence-electron chi connectivity index (χ3n) is 4.68. The van der Waals surface area contributed by atoms with Gasteiger partial charge < -0.3 is 10.2 Å². The van der Waals surface area contributed by atoms with Crippen molar-refractivity contribution in [3.63, 3.8) is 0 Å². The molecule has 3 nitrogen and oxygen atoms in total. The molecule has 0 bridgehead atoms. The number of phenols is 1. The van der Waals surface area contributed by atoms with Gasteiger partial charge in [0.25, 0.3) is 0 Å². The number of carbonyl (C=O) groups is 1. The molecule has 0 fully saturated rings. The molecule has 0 saturated heterocycles. The van der Waals surface area contributed by atoms with Gasteiger partial charge in [-0.15, -0.1) is 0 Å². The third-order valence-corrected chi connectivity index (χ3v) is 7.70. The summed E-state index contributed by atoms with van der Waals surface area (Å²) < 4.78 is 0. The summed E-state index contributed by atoms with van der Waals surface area (Å²) in [7, 11) is -0.564. The first kappa shape index (κ1) is 21.9. The van der Waals surface area contributed by atoms with Crippen LogP contribution in [0.5, 0.6) is 5.75 Å². The second-order valence-electron chi connectivity index (χ2n) is 6.90. The van der Waals surface area contributed by atoms with Crippen LogP contribution in [-0.4, -0.2) is 27.2 Å². The van der Waals surface area contributed by atoms with Crippen molar-refractivity contribution in [3.8, 4) is 5.75 Å². The summed E-state index contributed by atoms with van der Waals surface area (Å²) in [4.78, 5) is 11.9. The highest BCUT2D eigenvalue weighted by Crippen LogP contribution is 2.40. The summed E-state index contributed by atoms with van der Waals surface area (Å²) >= 11 is 0. The zero-order valence-corrected chi connectivity index (χ0v) is 16.8. The van der Waals surface area contributed by atoms with E-state index in [9.17, 15) is 15.0 Å². The van der Waals surface area contributed by atoms with Crippen LogP contribution in [0.25, 0.3) is 0 Å². The van der Waals surface area contributed by atoms with Crippen LogP contribution in [0, 0.1) is 0 Å². The quantitative estimate of drug-likeness (QED) is 0.283. The third kappa shape index (κ3) is 9.20. The standard InChI is InChI=1S/C21H36O3S/c1-3-5-7-8-9-10-11-20(21(23)24)25(16-6-4-2)17-18-12-14-19(22)15-13-18/h12-15,20,22,25H,3-11,16-17H2,1-2H3,(H,23,24). The number of rotatable bonds is 14. The van der Waals surface area contributed by atoms with Gasteiger partial charge >= 0.3 is 5.97 Å². The number of hydrogen-bond acceptors (Lipinski definition) is 2. The predicted molar refractivity (Wildman–Crippen MR) is 110 cm³/mol. The van der Waals surface area contributed by atoms with E-state index in [0.29, 0.717) is 0 Å². The fourth-order valence-corrected chi connectivity index (χ4v) is 6.07. The normalized spacial score (nSPS) is 14.2. The fourth-order valence-electron chi connectivity index (χ4n) is 3.12. The Labute approximate surface area is 156 Å². The van der Waals surface area contributed by atoms with E-state index in [4.69, 9.17) is 0 Å². The van der Waals surface area contributed by atoms with Crippen molar-refractivity contribution >= 4 is 16.9 Å². The average molecular weight is 369 g/mol. The molecular formula is C21H36O3S. The summed E-state index contributed by atoms with van der Waals surface area (Å²) in [5, 5.41) is 19.0. The Morgan fingerprint density at radius 1 is 0.960 bits per heavy atom. The molecule has 0 aliphatic heterocycles. The number of benzene rings is 1. The lowest BCUT2D eigenvalue weighted by Gasteiger charge is -2.28. The number of carboxylic acid groups (broad SMARTS) is 1. The van der Waals surface area contributed by atoms with Crippen molar-refractivity contribution < 1.29 is 15.0 Å². The lowest BCUT2D eigenvalue weighted by molar-refractivity contribution is -0.136. The van der Waals surface area contributed by atoms with E-state index in [0.717, 1.165) is 49.2 Å². The van der Waals surface area contributed by atoms with Crippen LogP contribution in [0.4, 0.5) is 0 Å². The maximum atomic E-state index is 11.9. The molecule has 0 saturated carbocycles. The van der Waals surface area contributed by atoms with Crippen LogP contribution in [-0.2, 0) is 10.5 Å². The van der Waals surface area contributed by atoms with Gasteiger partial charge in [0, 0.05) is 5.75 Å². The van der Waals surface area contributed by atoms with E-state index in [1.54, 1.807) is 12.1 Å². The molecule has 0 aliphatic carbocycles. The highest BCUT2D eigenvalue weighted by Gasteiger charge is 2.24. The van der Waals surface area contributed by atoms with Crippen molar-refractivity contribution in [1.82, 2.24) is 0 Å². The van der Waals surface area contributed by atoms with E-state index in [-0.39, 0.29) is 11.0 Å². The van der Waals surface area contributed by atoms with Gasteiger partial charge in [0.05, 0.1) is 5.25 Å². The Hall–Kier alpha value is -1.16. The Morgan fingerprint density at radius 2 is 1.56 bits per heavy atom. The van der Waals surface area contributed by atoms with Gasteiger partial charge in [-0.1, -0.05) is 70.9 Å². The summed E-state index contributed by atoms with van der Waals surface area (Å²) in [5.41, 5.74) is 1.15. The molecule has 0 aliphatic rings. The Balaban J connectivity index is 2.63. The highest BCUT2D eigenvalue weighted by molar-refractivity contribution is 8.17. The first-order chi connectivity index (χ1) is 12.1. The predicted octanol–water partition coefficient (Wildman–Crippen LogP) is 5.90. The molecule has 1 aromatic rings. The zero-order chi connectivity index (χ0) is 18.5. The minimum absolute atomic E-state index is 0.193. The molecule has 4 heteroatoms. The van der Waals surface area contributed by atoms with E-state index < -0.39 is 16.9 Å². The van der Waals surface area contributed by atoms with Gasteiger partial charge in [0.15, 0.2) is 0 Å². The zero-order valence-electron chi connectivity index (χ0n) is 15.9. The molecule has 0 spiro atoms. The van der Waals surface area contributed by atoms with Crippen LogP contribution in [0.15, 0.2) is 24.3 Å². The fraction of sp³-hybridized carbons (Fsp3) is 0.667. The highest BCUT2D eigenvalue weighted by atomic mass is 32.2.